The van der Waals surface area contributed by atoms with Crippen molar-refractivity contribution in [3.63, 3.8) is 0 Å². The van der Waals surface area contributed by atoms with Crippen molar-refractivity contribution in [1.29, 1.82) is 0 Å². The zero-order chi connectivity index (χ0) is 14.7. The van der Waals surface area contributed by atoms with Crippen LogP contribution in [0.3, 0.4) is 0 Å². The van der Waals surface area contributed by atoms with Crippen LogP contribution in [0.1, 0.15) is 27.2 Å². The van der Waals surface area contributed by atoms with Gasteiger partial charge in [0, 0.05) is 33.2 Å². The fourth-order valence-electron chi connectivity index (χ4n) is 1.33. The van der Waals surface area contributed by atoms with Crippen molar-refractivity contribution in [2.45, 2.75) is 33.2 Å². The minimum Gasteiger partial charge on any atom is -0.383 e. The smallest absolute Gasteiger partial charge is 0.236 e. The van der Waals surface area contributed by atoms with Crippen molar-refractivity contribution < 1.29 is 14.3 Å². The summed E-state index contributed by atoms with van der Waals surface area (Å²) in [5, 5.41) is 8.59. The maximum Gasteiger partial charge on any atom is 0.236 e. The molecule has 0 aliphatic carbocycles. The molecule has 0 spiro atoms. The van der Waals surface area contributed by atoms with Gasteiger partial charge in [-0.25, -0.2) is 0 Å². The average molecular weight is 273 g/mol. The predicted molar refractivity (Wildman–Crippen MR) is 74.8 cm³/mol. The maximum absolute atomic E-state index is 11.6. The lowest BCUT2D eigenvalue weighted by atomic mass is 10.2. The Morgan fingerprint density at radius 2 is 1.79 bits per heavy atom. The molecule has 6 heteroatoms. The van der Waals surface area contributed by atoms with E-state index in [1.54, 1.807) is 14.0 Å². The first-order chi connectivity index (χ1) is 8.97. The van der Waals surface area contributed by atoms with Crippen LogP contribution in [0, 0.1) is 5.92 Å². The standard InChI is InChI=1S/C13H27N3O3/c1-10(2)9-16-13(18)11(3)14-6-5-12(17)15-7-8-19-4/h10-11,14H,5-9H2,1-4H3,(H,15,17)(H,16,18). The van der Waals surface area contributed by atoms with E-state index in [4.69, 9.17) is 4.74 Å². The molecule has 0 saturated heterocycles. The molecule has 0 aromatic carbocycles. The van der Waals surface area contributed by atoms with E-state index in [2.05, 4.69) is 16.0 Å². The van der Waals surface area contributed by atoms with Crippen molar-refractivity contribution in [2.24, 2.45) is 5.92 Å². The lowest BCUT2D eigenvalue weighted by Crippen LogP contribution is -2.44. The highest BCUT2D eigenvalue weighted by molar-refractivity contribution is 5.81. The Balaban J connectivity index is 3.64. The van der Waals surface area contributed by atoms with E-state index < -0.39 is 0 Å². The van der Waals surface area contributed by atoms with Crippen LogP contribution >= 0.6 is 0 Å². The van der Waals surface area contributed by atoms with Crippen LogP contribution in [0.2, 0.25) is 0 Å². The molecule has 0 fully saturated rings. The highest BCUT2D eigenvalue weighted by atomic mass is 16.5. The van der Waals surface area contributed by atoms with Gasteiger partial charge in [-0.05, 0) is 12.8 Å². The molecule has 2 amide bonds. The van der Waals surface area contributed by atoms with Crippen LogP contribution in [0.25, 0.3) is 0 Å². The van der Waals surface area contributed by atoms with Gasteiger partial charge in [-0.1, -0.05) is 13.8 Å². The molecule has 0 aromatic rings. The summed E-state index contributed by atoms with van der Waals surface area (Å²) in [6.07, 6.45) is 0.353. The zero-order valence-electron chi connectivity index (χ0n) is 12.4. The van der Waals surface area contributed by atoms with Crippen molar-refractivity contribution in [3.05, 3.63) is 0 Å². The highest BCUT2D eigenvalue weighted by Gasteiger charge is 2.12. The molecule has 0 aliphatic heterocycles. The first-order valence-electron chi connectivity index (χ1n) is 6.74. The number of ether oxygens (including phenoxy) is 1. The molecule has 0 heterocycles. The predicted octanol–water partition coefficient (Wildman–Crippen LogP) is -0.111. The average Bonchev–Trinajstić information content (AvgIpc) is 2.36. The second-order valence-corrected chi connectivity index (χ2v) is 4.91. The molecule has 0 bridgehead atoms. The summed E-state index contributed by atoms with van der Waals surface area (Å²) < 4.78 is 4.83. The number of hydrogen-bond donors (Lipinski definition) is 3. The Hall–Kier alpha value is -1.14. The summed E-state index contributed by atoms with van der Waals surface area (Å²) >= 11 is 0. The Kier molecular flexibility index (Phi) is 10.1. The molecule has 3 N–H and O–H groups in total. The third kappa shape index (κ3) is 10.5. The van der Waals surface area contributed by atoms with Gasteiger partial charge in [-0.3, -0.25) is 9.59 Å². The number of amides is 2. The molecule has 0 radical (unpaired) electrons. The van der Waals surface area contributed by atoms with Crippen molar-refractivity contribution in [3.8, 4) is 0 Å². The quantitative estimate of drug-likeness (QED) is 0.485. The van der Waals surface area contributed by atoms with Gasteiger partial charge >= 0.3 is 0 Å². The lowest BCUT2D eigenvalue weighted by molar-refractivity contribution is -0.124. The summed E-state index contributed by atoms with van der Waals surface area (Å²) in [7, 11) is 1.59. The Morgan fingerprint density at radius 1 is 1.11 bits per heavy atom. The third-order valence-electron chi connectivity index (χ3n) is 2.51. The topological polar surface area (TPSA) is 79.5 Å². The van der Waals surface area contributed by atoms with Crippen LogP contribution in [-0.2, 0) is 14.3 Å². The first kappa shape index (κ1) is 17.9. The largest absolute Gasteiger partial charge is 0.383 e. The van der Waals surface area contributed by atoms with Gasteiger partial charge in [0.2, 0.25) is 11.8 Å². The second-order valence-electron chi connectivity index (χ2n) is 4.91. The van der Waals surface area contributed by atoms with Crippen molar-refractivity contribution in [1.82, 2.24) is 16.0 Å². The number of nitrogens with one attached hydrogen (secondary N) is 3. The van der Waals surface area contributed by atoms with E-state index in [0.717, 1.165) is 0 Å². The number of carbonyl (C=O) groups is 2. The summed E-state index contributed by atoms with van der Waals surface area (Å²) in [4.78, 5) is 23.0. The summed E-state index contributed by atoms with van der Waals surface area (Å²) in [6.45, 7) is 8.05. The van der Waals surface area contributed by atoms with Crippen molar-refractivity contribution in [2.75, 3.05) is 33.4 Å². The Labute approximate surface area is 115 Å². The van der Waals surface area contributed by atoms with Crippen LogP contribution < -0.4 is 16.0 Å². The molecule has 6 nitrogen and oxygen atoms in total. The summed E-state index contributed by atoms with van der Waals surface area (Å²) in [6, 6.07) is -0.287. The van der Waals surface area contributed by atoms with E-state index in [1.807, 2.05) is 13.8 Å². The van der Waals surface area contributed by atoms with Gasteiger partial charge in [0.25, 0.3) is 0 Å². The van der Waals surface area contributed by atoms with Gasteiger partial charge < -0.3 is 20.7 Å². The Bertz CT molecular complexity index is 270. The van der Waals surface area contributed by atoms with Crippen molar-refractivity contribution >= 4 is 11.8 Å². The summed E-state index contributed by atoms with van der Waals surface area (Å²) in [5.41, 5.74) is 0. The summed E-state index contributed by atoms with van der Waals surface area (Å²) in [5.74, 6) is 0.357. The van der Waals surface area contributed by atoms with Crippen LogP contribution in [0.15, 0.2) is 0 Å². The molecule has 0 rings (SSSR count). The minimum atomic E-state index is -0.287. The van der Waals surface area contributed by atoms with Gasteiger partial charge in [-0.2, -0.15) is 0 Å². The number of methoxy groups -OCH3 is 1. The third-order valence-corrected chi connectivity index (χ3v) is 2.51. The van der Waals surface area contributed by atoms with Gasteiger partial charge in [-0.15, -0.1) is 0 Å². The molecular formula is C13H27N3O3. The van der Waals surface area contributed by atoms with E-state index in [9.17, 15) is 9.59 Å². The normalized spacial score (nSPS) is 12.3. The van der Waals surface area contributed by atoms with E-state index in [1.165, 1.54) is 0 Å². The van der Waals surface area contributed by atoms with Gasteiger partial charge in [0.05, 0.1) is 12.6 Å². The van der Waals surface area contributed by atoms with E-state index >= 15 is 0 Å². The van der Waals surface area contributed by atoms with Crippen LogP contribution in [0.5, 0.6) is 0 Å². The fraction of sp³-hybridized carbons (Fsp3) is 0.846. The molecule has 112 valence electrons. The van der Waals surface area contributed by atoms with Crippen LogP contribution in [0.4, 0.5) is 0 Å². The van der Waals surface area contributed by atoms with Gasteiger partial charge in [0.1, 0.15) is 0 Å². The molecule has 0 aliphatic rings. The number of rotatable bonds is 10. The maximum atomic E-state index is 11.6. The molecular weight excluding hydrogens is 246 g/mol. The molecule has 1 atom stereocenters. The highest BCUT2D eigenvalue weighted by Crippen LogP contribution is 1.89. The zero-order valence-corrected chi connectivity index (χ0v) is 12.4. The SMILES string of the molecule is COCCNC(=O)CCNC(C)C(=O)NCC(C)C. The molecule has 19 heavy (non-hydrogen) atoms. The van der Waals surface area contributed by atoms with Gasteiger partial charge in [0.15, 0.2) is 0 Å². The minimum absolute atomic E-state index is 0.0338. The first-order valence-corrected chi connectivity index (χ1v) is 6.74. The molecule has 1 unspecified atom stereocenters. The number of hydrogen-bond acceptors (Lipinski definition) is 4. The second kappa shape index (κ2) is 10.8. The van der Waals surface area contributed by atoms with Crippen LogP contribution in [-0.4, -0.2) is 51.2 Å². The fourth-order valence-corrected chi connectivity index (χ4v) is 1.33. The monoisotopic (exact) mass is 273 g/mol. The van der Waals surface area contributed by atoms with E-state index in [0.29, 0.717) is 38.6 Å². The lowest BCUT2D eigenvalue weighted by Gasteiger charge is -2.15. The molecule has 0 saturated carbocycles. The Morgan fingerprint density at radius 3 is 2.37 bits per heavy atom. The number of carbonyl (C=O) groups excluding carboxylic acids is 2. The molecule has 0 aromatic heterocycles. The van der Waals surface area contributed by atoms with E-state index in [-0.39, 0.29) is 17.9 Å².